The molecule has 0 fully saturated rings. The van der Waals surface area contributed by atoms with Crippen LogP contribution < -0.4 is 0 Å². The van der Waals surface area contributed by atoms with Crippen LogP contribution in [-0.4, -0.2) is 12.3 Å². The second kappa shape index (κ2) is 25.9. The molecule has 2 atom stereocenters. The number of hydrogen-bond acceptors (Lipinski definition) is 0. The van der Waals surface area contributed by atoms with Crippen LogP contribution in [-0.2, 0) is 19.5 Å². The third-order valence-electron chi connectivity index (χ3n) is 0.167. The summed E-state index contributed by atoms with van der Waals surface area (Å²) in [6.07, 6.45) is 2.40. The average Bonchev–Trinajstić information content (AvgIpc) is 1.37. The predicted octanol–water partition coefficient (Wildman–Crippen LogP) is 1.63. The Morgan fingerprint density at radius 2 is 1.00 bits per heavy atom. The van der Waals surface area contributed by atoms with Gasteiger partial charge in [0.1, 0.15) is 0 Å². The van der Waals surface area contributed by atoms with Crippen molar-refractivity contribution >= 4 is 18.5 Å². The van der Waals surface area contributed by atoms with E-state index in [0.29, 0.717) is 0 Å². The van der Waals surface area contributed by atoms with Crippen LogP contribution >= 0.6 is 18.5 Å². The van der Waals surface area contributed by atoms with Gasteiger partial charge in [-0.25, -0.2) is 0 Å². The van der Waals surface area contributed by atoms with Crippen LogP contribution in [0.15, 0.2) is 0 Å². The van der Waals surface area contributed by atoms with Crippen LogP contribution in [0, 0.1) is 14.9 Å². The summed E-state index contributed by atoms with van der Waals surface area (Å²) < 4.78 is 0. The Kier molecular flexibility index (Phi) is 87.5. The summed E-state index contributed by atoms with van der Waals surface area (Å²) in [5.41, 5.74) is 0. The van der Waals surface area contributed by atoms with E-state index < -0.39 is 0 Å². The van der Waals surface area contributed by atoms with Crippen LogP contribution in [0.5, 0.6) is 0 Å². The van der Waals surface area contributed by atoms with E-state index in [9.17, 15) is 0 Å². The van der Waals surface area contributed by atoms with E-state index in [4.69, 9.17) is 0 Å². The molecule has 0 aliphatic carbocycles. The molecular weight excluding hydrogens is 213 g/mol. The summed E-state index contributed by atoms with van der Waals surface area (Å²) in [5, 5.41) is 0. The molecule has 7 heavy (non-hydrogen) atoms. The van der Waals surface area contributed by atoms with Crippen LogP contribution in [0.3, 0.4) is 0 Å². The van der Waals surface area contributed by atoms with Crippen molar-refractivity contribution < 1.29 is 19.5 Å². The second-order valence-electron chi connectivity index (χ2n) is 0.577. The zero-order chi connectivity index (χ0) is 3.41. The Hall–Kier alpha value is 1.48. The van der Waals surface area contributed by atoms with Crippen LogP contribution in [0.2, 0.25) is 0 Å². The topological polar surface area (TPSA) is 0 Å². The van der Waals surface area contributed by atoms with Crippen molar-refractivity contribution in [1.29, 1.82) is 0 Å². The standard InChI is InChI=1S/C2H8P2.2CH3.Rh/c3-1-2-4;;;/h1-4H2;2*1H3;/q;2*-1;+2. The van der Waals surface area contributed by atoms with E-state index in [1.54, 1.807) is 0 Å². The van der Waals surface area contributed by atoms with Gasteiger partial charge in [0, 0.05) is 0 Å². The summed E-state index contributed by atoms with van der Waals surface area (Å²) in [5.74, 6) is 0. The Labute approximate surface area is 65.4 Å². The molecular formula is C4H14P2Rh. The van der Waals surface area contributed by atoms with E-state index in [1.165, 1.54) is 12.3 Å². The smallest absolute Gasteiger partial charge is 0.358 e. The normalized spacial score (nSPS) is 4.29. The molecule has 0 aliphatic rings. The van der Waals surface area contributed by atoms with Gasteiger partial charge in [0.15, 0.2) is 0 Å². The molecule has 1 radical (unpaired) electrons. The molecule has 0 amide bonds. The molecule has 0 aliphatic heterocycles. The van der Waals surface area contributed by atoms with E-state index >= 15 is 0 Å². The molecule has 0 rings (SSSR count). The summed E-state index contributed by atoms with van der Waals surface area (Å²) in [4.78, 5) is 0. The number of rotatable bonds is 1. The minimum atomic E-state index is 0. The monoisotopic (exact) mass is 227 g/mol. The molecule has 0 saturated carbocycles. The molecule has 0 aromatic heterocycles. The van der Waals surface area contributed by atoms with Gasteiger partial charge >= 0.3 is 19.5 Å². The molecule has 0 aromatic carbocycles. The van der Waals surface area contributed by atoms with Gasteiger partial charge in [0.25, 0.3) is 0 Å². The van der Waals surface area contributed by atoms with E-state index in [2.05, 4.69) is 18.5 Å². The van der Waals surface area contributed by atoms with E-state index in [0.717, 1.165) is 0 Å². The molecule has 2 unspecified atom stereocenters. The summed E-state index contributed by atoms with van der Waals surface area (Å²) in [6.45, 7) is 0. The molecule has 49 valence electrons. The number of hydrogen-bond donors (Lipinski definition) is 0. The summed E-state index contributed by atoms with van der Waals surface area (Å²) >= 11 is 0. The Morgan fingerprint density at radius 1 is 0.857 bits per heavy atom. The van der Waals surface area contributed by atoms with Crippen molar-refractivity contribution in [2.24, 2.45) is 0 Å². The molecule has 0 heterocycles. The van der Waals surface area contributed by atoms with Crippen LogP contribution in [0.25, 0.3) is 0 Å². The predicted molar refractivity (Wildman–Crippen MR) is 42.0 cm³/mol. The first-order chi connectivity index (χ1) is 1.91. The van der Waals surface area contributed by atoms with Gasteiger partial charge in [-0.3, -0.25) is 0 Å². The fourth-order valence-corrected chi connectivity index (χ4v) is 0. The van der Waals surface area contributed by atoms with Crippen molar-refractivity contribution in [3.63, 3.8) is 0 Å². The van der Waals surface area contributed by atoms with Crippen molar-refractivity contribution in [3.8, 4) is 0 Å². The second-order valence-corrected chi connectivity index (χ2v) is 1.73. The van der Waals surface area contributed by atoms with E-state index in [-0.39, 0.29) is 34.3 Å². The first-order valence-electron chi connectivity index (χ1n) is 1.32. The molecule has 3 heteroatoms. The summed E-state index contributed by atoms with van der Waals surface area (Å²) in [7, 11) is 5.27. The quantitative estimate of drug-likeness (QED) is 0.363. The molecule has 0 N–H and O–H groups in total. The SMILES string of the molecule is PCCP.[CH3-].[CH3-].[Rh+2]. The molecule has 0 bridgehead atoms. The van der Waals surface area contributed by atoms with Gasteiger partial charge in [0.05, 0.1) is 0 Å². The van der Waals surface area contributed by atoms with Crippen molar-refractivity contribution in [2.75, 3.05) is 12.3 Å². The largest absolute Gasteiger partial charge is 2.00 e. The molecule has 0 saturated heterocycles. The Bertz CT molecular complexity index is 11.7. The molecule has 0 spiro atoms. The van der Waals surface area contributed by atoms with Gasteiger partial charge in [-0.05, 0) is 12.3 Å². The fourth-order valence-electron chi connectivity index (χ4n) is 0. The van der Waals surface area contributed by atoms with Gasteiger partial charge < -0.3 is 14.9 Å². The Morgan fingerprint density at radius 3 is 1.00 bits per heavy atom. The Balaban J connectivity index is -0.0000000150. The van der Waals surface area contributed by atoms with Crippen LogP contribution in [0.1, 0.15) is 0 Å². The van der Waals surface area contributed by atoms with Gasteiger partial charge in [-0.15, -0.1) is 18.5 Å². The first-order valence-corrected chi connectivity index (χ1v) is 2.95. The summed E-state index contributed by atoms with van der Waals surface area (Å²) in [6, 6.07) is 0. The maximum absolute atomic E-state index is 2.63. The van der Waals surface area contributed by atoms with Crippen molar-refractivity contribution in [3.05, 3.63) is 14.9 Å². The first kappa shape index (κ1) is 23.6. The minimum absolute atomic E-state index is 0. The van der Waals surface area contributed by atoms with Crippen molar-refractivity contribution in [1.82, 2.24) is 0 Å². The van der Waals surface area contributed by atoms with Gasteiger partial charge in [0.2, 0.25) is 0 Å². The van der Waals surface area contributed by atoms with E-state index in [1.807, 2.05) is 0 Å². The average molecular weight is 227 g/mol. The van der Waals surface area contributed by atoms with Crippen LogP contribution in [0.4, 0.5) is 0 Å². The molecule has 0 aromatic rings. The third kappa shape index (κ3) is 36.5. The third-order valence-corrected chi connectivity index (χ3v) is 1.50. The maximum Gasteiger partial charge on any atom is 2.00 e. The minimum Gasteiger partial charge on any atom is -0.358 e. The zero-order valence-electron chi connectivity index (χ0n) is 4.90. The fraction of sp³-hybridized carbons (Fsp3) is 0.500. The van der Waals surface area contributed by atoms with Gasteiger partial charge in [-0.1, -0.05) is 0 Å². The molecule has 0 nitrogen and oxygen atoms in total. The maximum atomic E-state index is 2.63. The van der Waals surface area contributed by atoms with Gasteiger partial charge in [-0.2, -0.15) is 0 Å². The zero-order valence-corrected chi connectivity index (χ0v) is 8.85. The van der Waals surface area contributed by atoms with Crippen molar-refractivity contribution in [2.45, 2.75) is 0 Å².